The lowest BCUT2D eigenvalue weighted by molar-refractivity contribution is 0.405. The molecule has 0 aliphatic rings. The molecule has 2 heterocycles. The molecule has 6 heteroatoms. The van der Waals surface area contributed by atoms with Crippen molar-refractivity contribution in [2.24, 2.45) is 5.84 Å². The summed E-state index contributed by atoms with van der Waals surface area (Å²) in [5.41, 5.74) is 6.73. The molecule has 0 spiro atoms. The second-order valence-corrected chi connectivity index (χ2v) is 5.09. The maximum Gasteiger partial charge on any atom is 0.146 e. The quantitative estimate of drug-likeness (QED) is 0.641. The molecule has 0 saturated heterocycles. The second kappa shape index (κ2) is 6.60. The molecule has 3 N–H and O–H groups in total. The molecule has 0 fully saturated rings. The summed E-state index contributed by atoms with van der Waals surface area (Å²) >= 11 is 0. The summed E-state index contributed by atoms with van der Waals surface area (Å²) in [5, 5.41) is 0. The number of aromatic nitrogens is 3. The van der Waals surface area contributed by atoms with Crippen molar-refractivity contribution in [3.8, 4) is 5.75 Å². The fourth-order valence-corrected chi connectivity index (χ4v) is 2.28. The van der Waals surface area contributed by atoms with Gasteiger partial charge < -0.3 is 4.74 Å². The molecule has 0 aliphatic heterocycles. The van der Waals surface area contributed by atoms with Gasteiger partial charge in [-0.25, -0.2) is 15.4 Å². The average Bonchev–Trinajstić information content (AvgIpc) is 2.48. The smallest absolute Gasteiger partial charge is 0.146 e. The molecule has 2 aromatic heterocycles. The van der Waals surface area contributed by atoms with Crippen molar-refractivity contribution >= 4 is 0 Å². The molecular weight excluding hydrogens is 266 g/mol. The van der Waals surface area contributed by atoms with E-state index in [-0.39, 0.29) is 6.04 Å². The van der Waals surface area contributed by atoms with Crippen LogP contribution in [-0.2, 0) is 6.42 Å². The van der Waals surface area contributed by atoms with Crippen LogP contribution in [0.15, 0.2) is 18.6 Å². The number of methoxy groups -OCH3 is 1. The number of nitrogens with two attached hydrogens (primary N) is 1. The molecule has 2 aromatic rings. The van der Waals surface area contributed by atoms with Gasteiger partial charge in [-0.1, -0.05) is 0 Å². The molecule has 0 aromatic carbocycles. The van der Waals surface area contributed by atoms with Gasteiger partial charge in [0.05, 0.1) is 13.2 Å². The normalized spacial score (nSPS) is 12.2. The van der Waals surface area contributed by atoms with Crippen molar-refractivity contribution in [1.29, 1.82) is 0 Å². The van der Waals surface area contributed by atoms with E-state index in [1.807, 2.05) is 27.0 Å². The molecule has 1 unspecified atom stereocenters. The van der Waals surface area contributed by atoms with E-state index in [2.05, 4.69) is 20.4 Å². The first-order valence-electron chi connectivity index (χ1n) is 6.80. The van der Waals surface area contributed by atoms with Crippen LogP contribution in [0.1, 0.15) is 34.3 Å². The van der Waals surface area contributed by atoms with E-state index in [4.69, 9.17) is 10.6 Å². The van der Waals surface area contributed by atoms with Crippen LogP contribution in [0.2, 0.25) is 0 Å². The minimum atomic E-state index is -0.191. The molecule has 2 rings (SSSR count). The Balaban J connectivity index is 2.29. The lowest BCUT2D eigenvalue weighted by atomic mass is 10.0. The molecule has 0 bridgehead atoms. The van der Waals surface area contributed by atoms with Gasteiger partial charge in [0, 0.05) is 41.8 Å². The monoisotopic (exact) mass is 287 g/mol. The summed E-state index contributed by atoms with van der Waals surface area (Å²) in [6.07, 6.45) is 5.97. The zero-order valence-corrected chi connectivity index (χ0v) is 12.8. The van der Waals surface area contributed by atoms with Gasteiger partial charge in [0.15, 0.2) is 0 Å². The standard InChI is InChI=1S/C15H21N5O/c1-9-6-18-15(19-7-9)13(20-16)5-12-11(3)14(21-4)10(2)8-17-12/h6-8,13,20H,5,16H2,1-4H3. The van der Waals surface area contributed by atoms with Gasteiger partial charge >= 0.3 is 0 Å². The predicted molar refractivity (Wildman–Crippen MR) is 80.8 cm³/mol. The number of nitrogens with zero attached hydrogens (tertiary/aromatic N) is 3. The van der Waals surface area contributed by atoms with Gasteiger partial charge in [-0.3, -0.25) is 10.8 Å². The molecule has 6 nitrogen and oxygen atoms in total. The zero-order valence-electron chi connectivity index (χ0n) is 12.8. The van der Waals surface area contributed by atoms with Gasteiger partial charge in [-0.15, -0.1) is 0 Å². The largest absolute Gasteiger partial charge is 0.496 e. The van der Waals surface area contributed by atoms with E-state index in [0.717, 1.165) is 28.1 Å². The van der Waals surface area contributed by atoms with Crippen LogP contribution in [0.25, 0.3) is 0 Å². The van der Waals surface area contributed by atoms with E-state index >= 15 is 0 Å². The summed E-state index contributed by atoms with van der Waals surface area (Å²) in [7, 11) is 1.67. The van der Waals surface area contributed by atoms with E-state index in [1.165, 1.54) is 0 Å². The molecule has 0 saturated carbocycles. The van der Waals surface area contributed by atoms with Crippen LogP contribution in [0.4, 0.5) is 0 Å². The molecule has 0 aliphatic carbocycles. The van der Waals surface area contributed by atoms with Crippen molar-refractivity contribution < 1.29 is 4.74 Å². The van der Waals surface area contributed by atoms with Crippen molar-refractivity contribution in [3.63, 3.8) is 0 Å². The molecule has 1 atom stereocenters. The Kier molecular flexibility index (Phi) is 4.82. The molecule has 21 heavy (non-hydrogen) atoms. The molecule has 0 radical (unpaired) electrons. The number of pyridine rings is 1. The summed E-state index contributed by atoms with van der Waals surface area (Å²) < 4.78 is 5.43. The van der Waals surface area contributed by atoms with Crippen molar-refractivity contribution in [2.75, 3.05) is 7.11 Å². The van der Waals surface area contributed by atoms with Gasteiger partial charge in [0.1, 0.15) is 11.6 Å². The number of nitrogens with one attached hydrogen (secondary N) is 1. The van der Waals surface area contributed by atoms with Crippen molar-refractivity contribution in [1.82, 2.24) is 20.4 Å². The van der Waals surface area contributed by atoms with Crippen molar-refractivity contribution in [2.45, 2.75) is 33.2 Å². The first kappa shape index (κ1) is 15.3. The fraction of sp³-hybridized carbons (Fsp3) is 0.400. The van der Waals surface area contributed by atoms with Crippen LogP contribution < -0.4 is 16.0 Å². The first-order chi connectivity index (χ1) is 10.1. The Bertz CT molecular complexity index is 612. The number of rotatable bonds is 5. The third kappa shape index (κ3) is 3.34. The Morgan fingerprint density at radius 3 is 2.38 bits per heavy atom. The Hall–Kier alpha value is -2.05. The third-order valence-corrected chi connectivity index (χ3v) is 3.46. The Labute approximate surface area is 124 Å². The Morgan fingerprint density at radius 2 is 1.81 bits per heavy atom. The summed E-state index contributed by atoms with van der Waals surface area (Å²) in [6, 6.07) is -0.191. The number of aryl methyl sites for hydroxylation is 2. The molecule has 112 valence electrons. The van der Waals surface area contributed by atoms with Crippen LogP contribution in [-0.4, -0.2) is 22.1 Å². The number of hydrogen-bond acceptors (Lipinski definition) is 6. The average molecular weight is 287 g/mol. The van der Waals surface area contributed by atoms with Crippen molar-refractivity contribution in [3.05, 3.63) is 46.8 Å². The van der Waals surface area contributed by atoms with E-state index in [9.17, 15) is 0 Å². The van der Waals surface area contributed by atoms with Gasteiger partial charge in [-0.05, 0) is 26.3 Å². The van der Waals surface area contributed by atoms with Crippen LogP contribution >= 0.6 is 0 Å². The second-order valence-electron chi connectivity index (χ2n) is 5.09. The summed E-state index contributed by atoms with van der Waals surface area (Å²) in [6.45, 7) is 5.92. The number of ether oxygens (including phenoxy) is 1. The van der Waals surface area contributed by atoms with E-state index < -0.39 is 0 Å². The van der Waals surface area contributed by atoms with E-state index in [1.54, 1.807) is 19.5 Å². The highest BCUT2D eigenvalue weighted by molar-refractivity contribution is 5.41. The summed E-state index contributed by atoms with van der Waals surface area (Å²) in [4.78, 5) is 13.1. The Morgan fingerprint density at radius 1 is 1.14 bits per heavy atom. The predicted octanol–water partition coefficient (Wildman–Crippen LogP) is 1.55. The van der Waals surface area contributed by atoms with Crippen LogP contribution in [0.5, 0.6) is 5.75 Å². The van der Waals surface area contributed by atoms with Gasteiger partial charge in [0.2, 0.25) is 0 Å². The molecular formula is C15H21N5O. The minimum absolute atomic E-state index is 0.191. The minimum Gasteiger partial charge on any atom is -0.496 e. The highest BCUT2D eigenvalue weighted by Gasteiger charge is 2.18. The first-order valence-corrected chi connectivity index (χ1v) is 6.80. The lowest BCUT2D eigenvalue weighted by Crippen LogP contribution is -2.31. The van der Waals surface area contributed by atoms with E-state index in [0.29, 0.717) is 12.2 Å². The third-order valence-electron chi connectivity index (χ3n) is 3.46. The topological polar surface area (TPSA) is 86.0 Å². The highest BCUT2D eigenvalue weighted by atomic mass is 16.5. The van der Waals surface area contributed by atoms with Crippen LogP contribution in [0.3, 0.4) is 0 Å². The van der Waals surface area contributed by atoms with Crippen LogP contribution in [0, 0.1) is 20.8 Å². The molecule has 0 amide bonds. The SMILES string of the molecule is COc1c(C)cnc(CC(NN)c2ncc(C)cn2)c1C. The number of hydrazine groups is 1. The zero-order chi connectivity index (χ0) is 15.4. The number of hydrogen-bond donors (Lipinski definition) is 2. The van der Waals surface area contributed by atoms with Gasteiger partial charge in [-0.2, -0.15) is 0 Å². The summed E-state index contributed by atoms with van der Waals surface area (Å²) in [5.74, 6) is 7.17. The highest BCUT2D eigenvalue weighted by Crippen LogP contribution is 2.26. The maximum absolute atomic E-state index is 5.65. The van der Waals surface area contributed by atoms with Gasteiger partial charge in [0.25, 0.3) is 0 Å². The lowest BCUT2D eigenvalue weighted by Gasteiger charge is -2.17. The maximum atomic E-state index is 5.65. The fourth-order valence-electron chi connectivity index (χ4n) is 2.28.